The number of aryl methyl sites for hydroxylation is 1. The highest BCUT2D eigenvalue weighted by Crippen LogP contribution is 2.18. The zero-order chi connectivity index (χ0) is 20.1. The van der Waals surface area contributed by atoms with Crippen molar-refractivity contribution >= 4 is 23.4 Å². The summed E-state index contributed by atoms with van der Waals surface area (Å²) in [5.41, 5.74) is 1.60. The number of esters is 1. The molecule has 1 amide bonds. The lowest BCUT2D eigenvalue weighted by atomic mass is 10.2. The summed E-state index contributed by atoms with van der Waals surface area (Å²) in [4.78, 5) is 37.2. The van der Waals surface area contributed by atoms with Gasteiger partial charge in [-0.3, -0.25) is 4.79 Å². The molecule has 1 fully saturated rings. The highest BCUT2D eigenvalue weighted by atomic mass is 16.5. The molecule has 0 unspecified atom stereocenters. The number of methoxy groups -OCH3 is 1. The smallest absolute Gasteiger partial charge is 0.337 e. The molecule has 1 aliphatic rings. The monoisotopic (exact) mass is 383 g/mol. The molecule has 0 atom stereocenters. The van der Waals surface area contributed by atoms with Crippen molar-refractivity contribution in [2.75, 3.05) is 45.2 Å². The molecule has 0 spiro atoms. The van der Waals surface area contributed by atoms with Crippen LogP contribution in [-0.4, -0.2) is 71.5 Å². The number of hydrogen-bond acceptors (Lipinski definition) is 7. The first-order valence-corrected chi connectivity index (χ1v) is 9.33. The Labute approximate surface area is 164 Å². The van der Waals surface area contributed by atoms with Crippen LogP contribution in [0.5, 0.6) is 0 Å². The summed E-state index contributed by atoms with van der Waals surface area (Å²) >= 11 is 0. The number of amides is 1. The van der Waals surface area contributed by atoms with Crippen LogP contribution in [0.1, 0.15) is 33.6 Å². The second-order valence-electron chi connectivity index (χ2n) is 6.61. The maximum Gasteiger partial charge on any atom is 0.337 e. The van der Waals surface area contributed by atoms with Gasteiger partial charge in [-0.05, 0) is 37.7 Å². The van der Waals surface area contributed by atoms with Gasteiger partial charge < -0.3 is 19.9 Å². The molecule has 8 nitrogen and oxygen atoms in total. The fraction of sp³-hybridized carbons (Fsp3) is 0.400. The van der Waals surface area contributed by atoms with E-state index in [0.717, 1.165) is 25.3 Å². The predicted molar refractivity (Wildman–Crippen MR) is 106 cm³/mol. The van der Waals surface area contributed by atoms with E-state index in [0.29, 0.717) is 36.0 Å². The first-order valence-electron chi connectivity index (χ1n) is 9.33. The number of nitrogens with zero attached hydrogens (tertiary/aromatic N) is 4. The Morgan fingerprint density at radius 2 is 1.79 bits per heavy atom. The largest absolute Gasteiger partial charge is 0.465 e. The van der Waals surface area contributed by atoms with E-state index >= 15 is 0 Å². The molecular weight excluding hydrogens is 358 g/mol. The van der Waals surface area contributed by atoms with E-state index in [1.54, 1.807) is 37.3 Å². The summed E-state index contributed by atoms with van der Waals surface area (Å²) in [5, 5.41) is 3.16. The van der Waals surface area contributed by atoms with Crippen molar-refractivity contribution in [1.29, 1.82) is 0 Å². The number of piperazine rings is 1. The number of carbonyl (C=O) groups excluding carboxylic acids is 2. The van der Waals surface area contributed by atoms with Crippen molar-refractivity contribution in [2.24, 2.45) is 0 Å². The van der Waals surface area contributed by atoms with Gasteiger partial charge in [0.05, 0.1) is 12.7 Å². The molecule has 8 heteroatoms. The Balaban J connectivity index is 1.72. The summed E-state index contributed by atoms with van der Waals surface area (Å²) in [6.45, 7) is 8.05. The molecule has 1 aromatic heterocycles. The maximum absolute atomic E-state index is 12.8. The van der Waals surface area contributed by atoms with Crippen molar-refractivity contribution < 1.29 is 14.3 Å². The maximum atomic E-state index is 12.8. The lowest BCUT2D eigenvalue weighted by molar-refractivity contribution is 0.0599. The Morgan fingerprint density at radius 1 is 1.11 bits per heavy atom. The molecule has 1 aliphatic heterocycles. The second-order valence-corrected chi connectivity index (χ2v) is 6.61. The molecular formula is C20H25N5O3. The van der Waals surface area contributed by atoms with Crippen LogP contribution < -0.4 is 5.32 Å². The van der Waals surface area contributed by atoms with E-state index in [-0.39, 0.29) is 11.9 Å². The molecule has 0 saturated carbocycles. The van der Waals surface area contributed by atoms with Crippen molar-refractivity contribution in [3.05, 3.63) is 47.4 Å². The number of hydrogen-bond donors (Lipinski definition) is 1. The third kappa shape index (κ3) is 4.64. The number of nitrogens with one attached hydrogen (secondary N) is 1. The van der Waals surface area contributed by atoms with Crippen molar-refractivity contribution in [3.8, 4) is 0 Å². The van der Waals surface area contributed by atoms with Crippen LogP contribution in [0.15, 0.2) is 30.3 Å². The minimum atomic E-state index is -0.388. The van der Waals surface area contributed by atoms with Gasteiger partial charge in [0.15, 0.2) is 0 Å². The number of aromatic nitrogens is 2. The number of benzene rings is 1. The SMILES string of the molecule is CCN1CCN(C(=O)c2cc(Nc3ccc(C(=O)OC)cc3)nc(C)n2)CC1. The topological polar surface area (TPSA) is 87.7 Å². The van der Waals surface area contributed by atoms with E-state index in [1.165, 1.54) is 7.11 Å². The van der Waals surface area contributed by atoms with E-state index in [9.17, 15) is 9.59 Å². The van der Waals surface area contributed by atoms with E-state index in [1.807, 2.05) is 4.90 Å². The number of rotatable bonds is 5. The summed E-state index contributed by atoms with van der Waals surface area (Å²) < 4.78 is 4.70. The molecule has 0 radical (unpaired) electrons. The molecule has 148 valence electrons. The van der Waals surface area contributed by atoms with Crippen LogP contribution in [-0.2, 0) is 4.74 Å². The van der Waals surface area contributed by atoms with Gasteiger partial charge >= 0.3 is 5.97 Å². The normalized spacial score (nSPS) is 14.6. The van der Waals surface area contributed by atoms with Crippen LogP contribution in [0.2, 0.25) is 0 Å². The summed E-state index contributed by atoms with van der Waals surface area (Å²) in [6.07, 6.45) is 0. The zero-order valence-electron chi connectivity index (χ0n) is 16.4. The van der Waals surface area contributed by atoms with Crippen molar-refractivity contribution in [1.82, 2.24) is 19.8 Å². The molecule has 1 N–H and O–H groups in total. The summed E-state index contributed by atoms with van der Waals surface area (Å²) in [7, 11) is 1.35. The highest BCUT2D eigenvalue weighted by Gasteiger charge is 2.23. The van der Waals surface area contributed by atoms with Gasteiger partial charge in [-0.2, -0.15) is 0 Å². The number of likely N-dealkylation sites (N-methyl/N-ethyl adjacent to an activating group) is 1. The van der Waals surface area contributed by atoms with Crippen molar-refractivity contribution in [2.45, 2.75) is 13.8 Å². The Bertz CT molecular complexity index is 845. The third-order valence-corrected chi connectivity index (χ3v) is 4.74. The highest BCUT2D eigenvalue weighted by molar-refractivity contribution is 5.93. The van der Waals surface area contributed by atoms with E-state index < -0.39 is 0 Å². The summed E-state index contributed by atoms with van der Waals surface area (Å²) in [6, 6.07) is 8.52. The standard InChI is InChI=1S/C20H25N5O3/c1-4-24-9-11-25(12-10-24)19(26)17-13-18(22-14(2)21-17)23-16-7-5-15(6-8-16)20(27)28-3/h5-8,13H,4,9-12H2,1-3H3,(H,21,22,23). The fourth-order valence-electron chi connectivity index (χ4n) is 3.13. The minimum Gasteiger partial charge on any atom is -0.465 e. The van der Waals surface area contributed by atoms with E-state index in [2.05, 4.69) is 27.1 Å². The van der Waals surface area contributed by atoms with Crippen LogP contribution in [0, 0.1) is 6.92 Å². The molecule has 2 aromatic rings. The Morgan fingerprint density at radius 3 is 2.39 bits per heavy atom. The number of anilines is 2. The quantitative estimate of drug-likeness (QED) is 0.791. The molecule has 0 bridgehead atoms. The average Bonchev–Trinajstić information content (AvgIpc) is 2.73. The summed E-state index contributed by atoms with van der Waals surface area (Å²) in [5.74, 6) is 0.589. The van der Waals surface area contributed by atoms with Gasteiger partial charge in [-0.15, -0.1) is 0 Å². The van der Waals surface area contributed by atoms with Crippen molar-refractivity contribution in [3.63, 3.8) is 0 Å². The zero-order valence-corrected chi connectivity index (χ0v) is 16.4. The minimum absolute atomic E-state index is 0.0784. The lowest BCUT2D eigenvalue weighted by Crippen LogP contribution is -2.48. The predicted octanol–water partition coefficient (Wildman–Crippen LogP) is 2.09. The molecule has 3 rings (SSSR count). The Kier molecular flexibility index (Phi) is 6.20. The second kappa shape index (κ2) is 8.79. The van der Waals surface area contributed by atoms with Crippen LogP contribution in [0.4, 0.5) is 11.5 Å². The first-order chi connectivity index (χ1) is 13.5. The lowest BCUT2D eigenvalue weighted by Gasteiger charge is -2.33. The fourth-order valence-corrected chi connectivity index (χ4v) is 3.13. The Hall–Kier alpha value is -3.00. The van der Waals surface area contributed by atoms with Gasteiger partial charge in [-0.25, -0.2) is 14.8 Å². The molecule has 1 saturated heterocycles. The first kappa shape index (κ1) is 19.8. The van der Waals surface area contributed by atoms with Gasteiger partial charge in [-0.1, -0.05) is 6.92 Å². The average molecular weight is 383 g/mol. The number of carbonyl (C=O) groups is 2. The number of ether oxygens (including phenoxy) is 1. The van der Waals surface area contributed by atoms with Gasteiger partial charge in [0.25, 0.3) is 5.91 Å². The molecule has 0 aliphatic carbocycles. The molecule has 1 aromatic carbocycles. The van der Waals surface area contributed by atoms with Crippen LogP contribution in [0.3, 0.4) is 0 Å². The van der Waals surface area contributed by atoms with Crippen LogP contribution in [0.25, 0.3) is 0 Å². The van der Waals surface area contributed by atoms with Gasteiger partial charge in [0, 0.05) is 37.9 Å². The third-order valence-electron chi connectivity index (χ3n) is 4.74. The van der Waals surface area contributed by atoms with E-state index in [4.69, 9.17) is 4.74 Å². The van der Waals surface area contributed by atoms with Gasteiger partial charge in [0.2, 0.25) is 0 Å². The molecule has 2 heterocycles. The molecule has 28 heavy (non-hydrogen) atoms. The van der Waals surface area contributed by atoms with Crippen LogP contribution >= 0.6 is 0 Å². The van der Waals surface area contributed by atoms with Gasteiger partial charge in [0.1, 0.15) is 17.3 Å².